The Balaban J connectivity index is 1.43. The van der Waals surface area contributed by atoms with Gasteiger partial charge in [-0.1, -0.05) is 80.1 Å². The molecule has 2 heterocycles. The van der Waals surface area contributed by atoms with E-state index in [0.29, 0.717) is 17.9 Å². The second kappa shape index (κ2) is 11.7. The molecule has 196 valence electrons. The van der Waals surface area contributed by atoms with Crippen LogP contribution in [0.1, 0.15) is 41.4 Å². The lowest BCUT2D eigenvalue weighted by Gasteiger charge is -2.16. The summed E-state index contributed by atoms with van der Waals surface area (Å²) < 4.78 is 1.77. The zero-order chi connectivity index (χ0) is 27.2. The first-order valence-electron chi connectivity index (χ1n) is 13.1. The number of nitrogens with zero attached hydrogens (tertiary/aromatic N) is 5. The fourth-order valence-electron chi connectivity index (χ4n) is 4.54. The summed E-state index contributed by atoms with van der Waals surface area (Å²) in [6, 6.07) is 28.7. The predicted octanol–water partition coefficient (Wildman–Crippen LogP) is 5.35. The van der Waals surface area contributed by atoms with Gasteiger partial charge in [-0.2, -0.15) is 4.80 Å². The number of unbranched alkanes of at least 4 members (excludes halogenated alkanes) is 1. The van der Waals surface area contributed by atoms with Crippen molar-refractivity contribution in [3.05, 3.63) is 118 Å². The SMILES string of the molecule is CCCCc1ccc(NC(=O)c2ccccc2)c(=O)n1Cc1ccc(-c2ccccc2-c2nnn(C)n2)cc1. The van der Waals surface area contributed by atoms with E-state index in [2.05, 4.69) is 27.7 Å². The minimum atomic E-state index is -0.304. The van der Waals surface area contributed by atoms with Crippen molar-refractivity contribution < 1.29 is 4.79 Å². The van der Waals surface area contributed by atoms with Crippen molar-refractivity contribution >= 4 is 11.6 Å². The zero-order valence-electron chi connectivity index (χ0n) is 22.0. The molecular weight excluding hydrogens is 488 g/mol. The van der Waals surface area contributed by atoms with Gasteiger partial charge in [0.15, 0.2) is 0 Å². The lowest BCUT2D eigenvalue weighted by Crippen LogP contribution is -2.28. The summed E-state index contributed by atoms with van der Waals surface area (Å²) in [6.45, 7) is 2.53. The molecule has 1 N–H and O–H groups in total. The Morgan fingerprint density at radius 2 is 1.59 bits per heavy atom. The number of anilines is 1. The van der Waals surface area contributed by atoms with E-state index in [-0.39, 0.29) is 17.2 Å². The van der Waals surface area contributed by atoms with Crippen molar-refractivity contribution in [2.75, 3.05) is 5.32 Å². The molecule has 0 bridgehead atoms. The molecule has 0 fully saturated rings. The van der Waals surface area contributed by atoms with Crippen LogP contribution in [0, 0.1) is 0 Å². The van der Waals surface area contributed by atoms with Gasteiger partial charge in [0.2, 0.25) is 5.82 Å². The number of rotatable bonds is 9. The maximum atomic E-state index is 13.5. The number of nitrogens with one attached hydrogen (secondary N) is 1. The van der Waals surface area contributed by atoms with Crippen molar-refractivity contribution in [1.82, 2.24) is 24.8 Å². The van der Waals surface area contributed by atoms with Gasteiger partial charge in [-0.15, -0.1) is 10.2 Å². The predicted molar refractivity (Wildman–Crippen MR) is 152 cm³/mol. The molecule has 8 nitrogen and oxygen atoms in total. The van der Waals surface area contributed by atoms with E-state index in [1.54, 1.807) is 41.9 Å². The minimum absolute atomic E-state index is 0.212. The molecule has 0 atom stereocenters. The van der Waals surface area contributed by atoms with Crippen LogP contribution in [0.2, 0.25) is 0 Å². The van der Waals surface area contributed by atoms with Gasteiger partial charge in [0.05, 0.1) is 13.6 Å². The fraction of sp³-hybridized carbons (Fsp3) is 0.194. The Labute approximate surface area is 227 Å². The van der Waals surface area contributed by atoms with E-state index in [0.717, 1.165) is 47.2 Å². The van der Waals surface area contributed by atoms with Gasteiger partial charge in [-0.3, -0.25) is 9.59 Å². The smallest absolute Gasteiger partial charge is 0.274 e. The third-order valence-electron chi connectivity index (χ3n) is 6.62. The normalized spacial score (nSPS) is 10.9. The van der Waals surface area contributed by atoms with Crippen LogP contribution in [0.5, 0.6) is 0 Å². The van der Waals surface area contributed by atoms with Gasteiger partial charge in [-0.25, -0.2) is 0 Å². The maximum Gasteiger partial charge on any atom is 0.274 e. The first-order chi connectivity index (χ1) is 19.0. The molecule has 5 rings (SSSR count). The van der Waals surface area contributed by atoms with Crippen molar-refractivity contribution in [3.63, 3.8) is 0 Å². The molecule has 0 saturated heterocycles. The van der Waals surface area contributed by atoms with Crippen LogP contribution >= 0.6 is 0 Å². The Morgan fingerprint density at radius 3 is 2.28 bits per heavy atom. The highest BCUT2D eigenvalue weighted by molar-refractivity contribution is 6.04. The molecule has 0 radical (unpaired) electrons. The largest absolute Gasteiger partial charge is 0.317 e. The van der Waals surface area contributed by atoms with E-state index in [4.69, 9.17) is 0 Å². The number of aromatic nitrogens is 5. The van der Waals surface area contributed by atoms with Crippen LogP contribution in [-0.4, -0.2) is 30.7 Å². The Bertz CT molecular complexity index is 1640. The first kappa shape index (κ1) is 25.8. The van der Waals surface area contributed by atoms with Gasteiger partial charge < -0.3 is 9.88 Å². The number of tetrazole rings is 1. The number of amides is 1. The molecular formula is C31H30N6O2. The van der Waals surface area contributed by atoms with Gasteiger partial charge in [0, 0.05) is 16.8 Å². The van der Waals surface area contributed by atoms with Gasteiger partial charge in [-0.05, 0) is 59.0 Å². The van der Waals surface area contributed by atoms with Crippen molar-refractivity contribution in [2.45, 2.75) is 32.7 Å². The molecule has 0 unspecified atom stereocenters. The standard InChI is InChI=1S/C31H30N6O2/c1-3-4-12-25-19-20-28(32-30(38)24-10-6-5-7-11-24)31(39)37(25)21-22-15-17-23(18-16-22)26-13-8-9-14-27(26)29-33-35-36(2)34-29/h5-11,13-20H,3-4,12,21H2,1-2H3,(H,32,38). The quantitative estimate of drug-likeness (QED) is 0.284. The van der Waals surface area contributed by atoms with E-state index >= 15 is 0 Å². The molecule has 0 aliphatic heterocycles. The van der Waals surface area contributed by atoms with Gasteiger partial charge in [0.25, 0.3) is 11.5 Å². The fourth-order valence-corrected chi connectivity index (χ4v) is 4.54. The second-order valence-corrected chi connectivity index (χ2v) is 9.40. The molecule has 0 saturated carbocycles. The molecule has 0 aliphatic carbocycles. The molecule has 0 aliphatic rings. The van der Waals surface area contributed by atoms with E-state index < -0.39 is 0 Å². The van der Waals surface area contributed by atoms with E-state index in [1.807, 2.05) is 60.7 Å². The number of carbonyl (C=O) groups excluding carboxylic acids is 1. The number of benzene rings is 3. The summed E-state index contributed by atoms with van der Waals surface area (Å²) in [5.74, 6) is 0.264. The highest BCUT2D eigenvalue weighted by atomic mass is 16.2. The van der Waals surface area contributed by atoms with Crippen LogP contribution in [-0.2, 0) is 20.0 Å². The number of carbonyl (C=O) groups is 1. The monoisotopic (exact) mass is 518 g/mol. The van der Waals surface area contributed by atoms with Crippen molar-refractivity contribution in [3.8, 4) is 22.5 Å². The average Bonchev–Trinajstić information content (AvgIpc) is 3.41. The zero-order valence-corrected chi connectivity index (χ0v) is 22.0. The van der Waals surface area contributed by atoms with Crippen molar-refractivity contribution in [2.24, 2.45) is 7.05 Å². The van der Waals surface area contributed by atoms with Gasteiger partial charge >= 0.3 is 0 Å². The summed E-state index contributed by atoms with van der Waals surface area (Å²) in [4.78, 5) is 27.7. The molecule has 3 aromatic carbocycles. The van der Waals surface area contributed by atoms with Crippen LogP contribution in [0.15, 0.2) is 95.8 Å². The Morgan fingerprint density at radius 1 is 0.872 bits per heavy atom. The highest BCUT2D eigenvalue weighted by Gasteiger charge is 2.14. The van der Waals surface area contributed by atoms with Crippen LogP contribution in [0.3, 0.4) is 0 Å². The highest BCUT2D eigenvalue weighted by Crippen LogP contribution is 2.30. The van der Waals surface area contributed by atoms with Crippen molar-refractivity contribution in [1.29, 1.82) is 0 Å². The summed E-state index contributed by atoms with van der Waals surface area (Å²) in [5, 5.41) is 15.3. The third kappa shape index (κ3) is 5.85. The summed E-state index contributed by atoms with van der Waals surface area (Å²) >= 11 is 0. The van der Waals surface area contributed by atoms with Crippen LogP contribution in [0.4, 0.5) is 5.69 Å². The van der Waals surface area contributed by atoms with E-state index in [9.17, 15) is 9.59 Å². The van der Waals surface area contributed by atoms with Crippen LogP contribution < -0.4 is 10.9 Å². The molecule has 2 aromatic heterocycles. The Kier molecular flexibility index (Phi) is 7.73. The average molecular weight is 519 g/mol. The lowest BCUT2D eigenvalue weighted by atomic mass is 9.98. The number of pyridine rings is 1. The first-order valence-corrected chi connectivity index (χ1v) is 13.1. The lowest BCUT2D eigenvalue weighted by molar-refractivity contribution is 0.102. The topological polar surface area (TPSA) is 94.7 Å². The molecule has 1 amide bonds. The summed E-state index contributed by atoms with van der Waals surface area (Å²) in [6.07, 6.45) is 2.78. The second-order valence-electron chi connectivity index (χ2n) is 9.40. The van der Waals surface area contributed by atoms with Crippen LogP contribution in [0.25, 0.3) is 22.5 Å². The molecule has 0 spiro atoms. The Hall–Kier alpha value is -4.85. The summed E-state index contributed by atoms with van der Waals surface area (Å²) in [7, 11) is 1.74. The molecule has 8 heteroatoms. The minimum Gasteiger partial charge on any atom is -0.317 e. The number of hydrogen-bond donors (Lipinski definition) is 1. The van der Waals surface area contributed by atoms with Gasteiger partial charge in [0.1, 0.15) is 5.69 Å². The van der Waals surface area contributed by atoms with E-state index in [1.165, 1.54) is 4.80 Å². The number of hydrogen-bond acceptors (Lipinski definition) is 5. The number of aryl methyl sites for hydroxylation is 2. The maximum absolute atomic E-state index is 13.5. The molecule has 5 aromatic rings. The molecule has 39 heavy (non-hydrogen) atoms. The summed E-state index contributed by atoms with van der Waals surface area (Å²) in [5.41, 5.74) is 5.42. The third-order valence-corrected chi connectivity index (χ3v) is 6.62.